The molecule has 0 saturated heterocycles. The number of alkyl halides is 1. The van der Waals surface area contributed by atoms with Crippen LogP contribution < -0.4 is 0 Å². The molecule has 25 heavy (non-hydrogen) atoms. The molecule has 0 saturated carbocycles. The Kier molecular flexibility index (Phi) is 3.97. The number of hydrogen-bond donors (Lipinski definition) is 0. The van der Waals surface area contributed by atoms with Crippen LogP contribution in [-0.4, -0.2) is 30.8 Å². The van der Waals surface area contributed by atoms with Crippen molar-refractivity contribution in [2.75, 3.05) is 6.67 Å². The fourth-order valence-electron chi connectivity index (χ4n) is 2.92. The minimum Gasteiger partial charge on any atom is -0.323 e. The molecule has 0 N–H and O–H groups in total. The third-order valence-electron chi connectivity index (χ3n) is 4.00. The van der Waals surface area contributed by atoms with Gasteiger partial charge >= 0.3 is 0 Å². The lowest BCUT2D eigenvalue weighted by Gasteiger charge is -2.10. The standard InChI is InChI=1S/C18H15F2N5/c19-6-9-25-16(23-15-5-2-7-21-18(15)25)12-24-10-8-22-17(24)13-3-1-4-14(20)11-13/h1-5,7-8,10-11H,6,9,12H2. The first-order chi connectivity index (χ1) is 12.3. The molecule has 4 aromatic rings. The largest absolute Gasteiger partial charge is 0.323 e. The van der Waals surface area contributed by atoms with Crippen LogP contribution in [0.5, 0.6) is 0 Å². The van der Waals surface area contributed by atoms with Crippen LogP contribution in [0.4, 0.5) is 8.78 Å². The van der Waals surface area contributed by atoms with E-state index in [0.717, 1.165) is 5.52 Å². The van der Waals surface area contributed by atoms with Gasteiger partial charge in [-0.05, 0) is 24.3 Å². The molecule has 5 nitrogen and oxygen atoms in total. The van der Waals surface area contributed by atoms with E-state index in [9.17, 15) is 8.78 Å². The second kappa shape index (κ2) is 6.43. The van der Waals surface area contributed by atoms with Gasteiger partial charge in [0.1, 0.15) is 29.7 Å². The molecule has 0 amide bonds. The molecule has 7 heteroatoms. The van der Waals surface area contributed by atoms with Gasteiger partial charge in [-0.1, -0.05) is 12.1 Å². The number of imidazole rings is 2. The van der Waals surface area contributed by atoms with Crippen LogP contribution >= 0.6 is 0 Å². The van der Waals surface area contributed by atoms with E-state index in [0.29, 0.717) is 29.4 Å². The average molecular weight is 339 g/mol. The van der Waals surface area contributed by atoms with Crippen LogP contribution in [0.15, 0.2) is 55.0 Å². The van der Waals surface area contributed by atoms with Gasteiger partial charge in [-0.15, -0.1) is 0 Å². The molecule has 3 aromatic heterocycles. The first-order valence-corrected chi connectivity index (χ1v) is 7.89. The van der Waals surface area contributed by atoms with Gasteiger partial charge in [-0.25, -0.2) is 23.7 Å². The highest BCUT2D eigenvalue weighted by Gasteiger charge is 2.14. The summed E-state index contributed by atoms with van der Waals surface area (Å²) in [6, 6.07) is 9.92. The SMILES string of the molecule is FCCn1c(Cn2ccnc2-c2cccc(F)c2)nc2cccnc21. The maximum absolute atomic E-state index is 13.5. The van der Waals surface area contributed by atoms with Crippen molar-refractivity contribution in [1.82, 2.24) is 24.1 Å². The van der Waals surface area contributed by atoms with Crippen molar-refractivity contribution in [2.45, 2.75) is 13.1 Å². The average Bonchev–Trinajstić information content (AvgIpc) is 3.21. The van der Waals surface area contributed by atoms with Crippen molar-refractivity contribution in [1.29, 1.82) is 0 Å². The second-order valence-electron chi connectivity index (χ2n) is 5.60. The van der Waals surface area contributed by atoms with Gasteiger partial charge in [0.05, 0.1) is 13.1 Å². The summed E-state index contributed by atoms with van der Waals surface area (Å²) in [6.07, 6.45) is 5.12. The third-order valence-corrected chi connectivity index (χ3v) is 4.00. The van der Waals surface area contributed by atoms with Crippen LogP contribution in [0.2, 0.25) is 0 Å². The molecule has 0 radical (unpaired) electrons. The van der Waals surface area contributed by atoms with E-state index in [1.165, 1.54) is 12.1 Å². The maximum Gasteiger partial charge on any atom is 0.160 e. The minimum atomic E-state index is -0.504. The highest BCUT2D eigenvalue weighted by atomic mass is 19.1. The summed E-state index contributed by atoms with van der Waals surface area (Å²) < 4.78 is 30.1. The summed E-state index contributed by atoms with van der Waals surface area (Å²) in [6.45, 7) is 0.0742. The third kappa shape index (κ3) is 2.88. The molecule has 0 fully saturated rings. The van der Waals surface area contributed by atoms with Crippen LogP contribution in [-0.2, 0) is 13.1 Å². The number of aryl methyl sites for hydroxylation is 1. The zero-order valence-electron chi connectivity index (χ0n) is 13.3. The second-order valence-corrected chi connectivity index (χ2v) is 5.60. The van der Waals surface area contributed by atoms with E-state index < -0.39 is 6.67 Å². The Labute approximate surface area is 142 Å². The Morgan fingerprint density at radius 1 is 1.04 bits per heavy atom. The van der Waals surface area contributed by atoms with E-state index in [1.807, 2.05) is 10.6 Å². The Balaban J connectivity index is 1.76. The number of hydrogen-bond acceptors (Lipinski definition) is 3. The predicted molar refractivity (Wildman–Crippen MR) is 90.2 cm³/mol. The zero-order chi connectivity index (χ0) is 17.2. The fourth-order valence-corrected chi connectivity index (χ4v) is 2.92. The van der Waals surface area contributed by atoms with Crippen molar-refractivity contribution in [2.24, 2.45) is 0 Å². The van der Waals surface area contributed by atoms with Gasteiger partial charge in [0.15, 0.2) is 5.65 Å². The number of halogens is 2. The summed E-state index contributed by atoms with van der Waals surface area (Å²) in [7, 11) is 0. The summed E-state index contributed by atoms with van der Waals surface area (Å²) in [4.78, 5) is 13.2. The molecule has 126 valence electrons. The Morgan fingerprint density at radius 2 is 1.96 bits per heavy atom. The van der Waals surface area contributed by atoms with E-state index in [-0.39, 0.29) is 12.4 Å². The zero-order valence-corrected chi connectivity index (χ0v) is 13.3. The Hall–Kier alpha value is -3.09. The van der Waals surface area contributed by atoms with Gasteiger partial charge in [-0.3, -0.25) is 0 Å². The van der Waals surface area contributed by atoms with E-state index in [2.05, 4.69) is 15.0 Å². The quantitative estimate of drug-likeness (QED) is 0.559. The highest BCUT2D eigenvalue weighted by molar-refractivity contribution is 5.71. The highest BCUT2D eigenvalue weighted by Crippen LogP contribution is 2.21. The molecule has 0 aliphatic rings. The van der Waals surface area contributed by atoms with Crippen molar-refractivity contribution in [3.8, 4) is 11.4 Å². The van der Waals surface area contributed by atoms with E-state index in [4.69, 9.17) is 0 Å². The Morgan fingerprint density at radius 3 is 2.80 bits per heavy atom. The first-order valence-electron chi connectivity index (χ1n) is 7.89. The summed E-state index contributed by atoms with van der Waals surface area (Å²) in [5.41, 5.74) is 2.05. The van der Waals surface area contributed by atoms with Crippen molar-refractivity contribution in [3.63, 3.8) is 0 Å². The van der Waals surface area contributed by atoms with Crippen molar-refractivity contribution >= 4 is 11.2 Å². The van der Waals surface area contributed by atoms with Gasteiger partial charge in [0, 0.05) is 24.2 Å². The van der Waals surface area contributed by atoms with Gasteiger partial charge in [0.25, 0.3) is 0 Å². The predicted octanol–water partition coefficient (Wildman–Crippen LogP) is 3.45. The molecule has 0 aliphatic carbocycles. The molecule has 0 unspecified atom stereocenters. The molecular formula is C18H15F2N5. The lowest BCUT2D eigenvalue weighted by atomic mass is 10.2. The molecular weight excluding hydrogens is 324 g/mol. The van der Waals surface area contributed by atoms with E-state index >= 15 is 0 Å². The number of rotatable bonds is 5. The topological polar surface area (TPSA) is 48.5 Å². The molecule has 0 bridgehead atoms. The first kappa shape index (κ1) is 15.4. The van der Waals surface area contributed by atoms with Crippen LogP contribution in [0.3, 0.4) is 0 Å². The van der Waals surface area contributed by atoms with Crippen LogP contribution in [0.1, 0.15) is 5.82 Å². The van der Waals surface area contributed by atoms with Gasteiger partial charge in [0.2, 0.25) is 0 Å². The number of pyridine rings is 1. The minimum absolute atomic E-state index is 0.187. The lowest BCUT2D eigenvalue weighted by Crippen LogP contribution is -2.11. The maximum atomic E-state index is 13.5. The number of nitrogens with zero attached hydrogens (tertiary/aromatic N) is 5. The fraction of sp³-hybridized carbons (Fsp3) is 0.167. The Bertz CT molecular complexity index is 1020. The van der Waals surface area contributed by atoms with E-state index in [1.54, 1.807) is 41.4 Å². The van der Waals surface area contributed by atoms with Gasteiger partial charge in [-0.2, -0.15) is 0 Å². The lowest BCUT2D eigenvalue weighted by molar-refractivity contribution is 0.441. The smallest absolute Gasteiger partial charge is 0.160 e. The normalized spacial score (nSPS) is 11.3. The molecule has 0 aliphatic heterocycles. The molecule has 1 aromatic carbocycles. The monoisotopic (exact) mass is 339 g/mol. The molecule has 0 spiro atoms. The molecule has 4 rings (SSSR count). The van der Waals surface area contributed by atoms with Crippen LogP contribution in [0.25, 0.3) is 22.6 Å². The summed E-state index contributed by atoms with van der Waals surface area (Å²) in [5, 5.41) is 0. The number of aromatic nitrogens is 5. The number of fused-ring (bicyclic) bond motifs is 1. The van der Waals surface area contributed by atoms with Crippen molar-refractivity contribution in [3.05, 3.63) is 66.6 Å². The molecule has 3 heterocycles. The summed E-state index contributed by atoms with van der Waals surface area (Å²) in [5.74, 6) is 0.995. The number of benzene rings is 1. The van der Waals surface area contributed by atoms with Crippen molar-refractivity contribution < 1.29 is 8.78 Å². The summed E-state index contributed by atoms with van der Waals surface area (Å²) >= 11 is 0. The van der Waals surface area contributed by atoms with Gasteiger partial charge < -0.3 is 9.13 Å². The molecule has 0 atom stereocenters. The van der Waals surface area contributed by atoms with Crippen LogP contribution in [0, 0.1) is 5.82 Å².